The lowest BCUT2D eigenvalue weighted by molar-refractivity contribution is -0.126. The van der Waals surface area contributed by atoms with E-state index in [1.165, 1.54) is 17.1 Å². The van der Waals surface area contributed by atoms with E-state index >= 15 is 0 Å². The molecule has 1 atom stereocenters. The summed E-state index contributed by atoms with van der Waals surface area (Å²) in [5.74, 6) is 1.09. The smallest absolute Gasteiger partial charge is 0.223 e. The summed E-state index contributed by atoms with van der Waals surface area (Å²) in [7, 11) is 0. The molecule has 3 aromatic rings. The average molecular weight is 469 g/mol. The van der Waals surface area contributed by atoms with Crippen LogP contribution in [0, 0.1) is 5.92 Å². The fraction of sp³-hybridized carbons (Fsp3) is 0.400. The van der Waals surface area contributed by atoms with E-state index in [1.54, 1.807) is 0 Å². The molecule has 1 unspecified atom stereocenters. The van der Waals surface area contributed by atoms with E-state index in [-0.39, 0.29) is 17.9 Å². The molecule has 1 aromatic heterocycles. The number of piperidine rings is 1. The first-order valence-electron chi connectivity index (χ1n) is 11.2. The number of rotatable bonds is 8. The first-order chi connectivity index (χ1) is 15.6. The Kier molecular flexibility index (Phi) is 7.76. The SMILES string of the molecule is CC(CCc1ccccc1)NC(=O)C1CCN(c2nc(Cc3ccc(Cl)cc3)ns2)CC1. The topological polar surface area (TPSA) is 58.1 Å². The van der Waals surface area contributed by atoms with Crippen LogP contribution in [0.2, 0.25) is 5.02 Å². The molecule has 1 fully saturated rings. The van der Waals surface area contributed by atoms with Crippen molar-refractivity contribution in [2.24, 2.45) is 5.92 Å². The number of hydrogen-bond donors (Lipinski definition) is 1. The first kappa shape index (κ1) is 22.7. The summed E-state index contributed by atoms with van der Waals surface area (Å²) >= 11 is 7.40. The van der Waals surface area contributed by atoms with Crippen LogP contribution in [0.4, 0.5) is 5.13 Å². The maximum absolute atomic E-state index is 12.7. The van der Waals surface area contributed by atoms with Crippen molar-refractivity contribution in [1.82, 2.24) is 14.7 Å². The molecule has 1 saturated heterocycles. The Morgan fingerprint density at radius 2 is 1.84 bits per heavy atom. The van der Waals surface area contributed by atoms with E-state index in [2.05, 4.69) is 45.8 Å². The fourth-order valence-electron chi connectivity index (χ4n) is 4.02. The Bertz CT molecular complexity index is 1000. The number of hydrogen-bond acceptors (Lipinski definition) is 5. The number of nitrogens with one attached hydrogen (secondary N) is 1. The number of halogens is 1. The van der Waals surface area contributed by atoms with Gasteiger partial charge in [-0.3, -0.25) is 4.79 Å². The molecule has 1 aliphatic heterocycles. The standard InChI is InChI=1S/C25H29ClN4OS/c1-18(7-8-19-5-3-2-4-6-19)27-24(31)21-13-15-30(16-14-21)25-28-23(29-32-25)17-20-9-11-22(26)12-10-20/h2-6,9-12,18,21H,7-8,13-17H2,1H3,(H,27,31). The lowest BCUT2D eigenvalue weighted by atomic mass is 9.95. The van der Waals surface area contributed by atoms with Crippen molar-refractivity contribution in [3.63, 3.8) is 0 Å². The maximum atomic E-state index is 12.7. The van der Waals surface area contributed by atoms with Gasteiger partial charge in [0, 0.05) is 48.0 Å². The van der Waals surface area contributed by atoms with Crippen LogP contribution in [-0.4, -0.2) is 34.4 Å². The third-order valence-electron chi connectivity index (χ3n) is 5.97. The Labute approximate surface area is 199 Å². The zero-order chi connectivity index (χ0) is 22.3. The zero-order valence-electron chi connectivity index (χ0n) is 18.3. The van der Waals surface area contributed by atoms with E-state index in [1.807, 2.05) is 30.3 Å². The highest BCUT2D eigenvalue weighted by Crippen LogP contribution is 2.26. The highest BCUT2D eigenvalue weighted by molar-refractivity contribution is 7.09. The molecular weight excluding hydrogens is 440 g/mol. The Hall–Kier alpha value is -2.44. The number of aryl methyl sites for hydroxylation is 1. The van der Waals surface area contributed by atoms with Gasteiger partial charge in [-0.15, -0.1) is 0 Å². The predicted molar refractivity (Wildman–Crippen MR) is 131 cm³/mol. The fourth-order valence-corrected chi connectivity index (χ4v) is 4.89. The summed E-state index contributed by atoms with van der Waals surface area (Å²) in [6.07, 6.45) is 4.34. The van der Waals surface area contributed by atoms with Crippen molar-refractivity contribution >= 4 is 34.2 Å². The predicted octanol–water partition coefficient (Wildman–Crippen LogP) is 5.14. The van der Waals surface area contributed by atoms with Crippen LogP contribution < -0.4 is 10.2 Å². The van der Waals surface area contributed by atoms with Gasteiger partial charge in [-0.2, -0.15) is 4.37 Å². The Morgan fingerprint density at radius 3 is 2.56 bits per heavy atom. The normalized spacial score (nSPS) is 15.5. The molecule has 32 heavy (non-hydrogen) atoms. The third-order valence-corrected chi connectivity index (χ3v) is 7.03. The van der Waals surface area contributed by atoms with Crippen molar-refractivity contribution in [3.05, 3.63) is 76.6 Å². The van der Waals surface area contributed by atoms with Crippen molar-refractivity contribution in [3.8, 4) is 0 Å². The molecule has 168 valence electrons. The highest BCUT2D eigenvalue weighted by Gasteiger charge is 2.27. The molecule has 1 aliphatic rings. The van der Waals surface area contributed by atoms with E-state index in [0.29, 0.717) is 6.42 Å². The number of amides is 1. The van der Waals surface area contributed by atoms with Crippen LogP contribution >= 0.6 is 23.1 Å². The summed E-state index contributed by atoms with van der Waals surface area (Å²) in [5.41, 5.74) is 2.46. The van der Waals surface area contributed by atoms with Crippen LogP contribution in [0.25, 0.3) is 0 Å². The molecule has 4 rings (SSSR count). The zero-order valence-corrected chi connectivity index (χ0v) is 19.9. The average Bonchev–Trinajstić information content (AvgIpc) is 3.28. The van der Waals surface area contributed by atoms with Gasteiger partial charge in [-0.1, -0.05) is 54.1 Å². The molecule has 0 bridgehead atoms. The van der Waals surface area contributed by atoms with Crippen LogP contribution in [0.3, 0.4) is 0 Å². The van der Waals surface area contributed by atoms with Gasteiger partial charge in [-0.05, 0) is 55.9 Å². The summed E-state index contributed by atoms with van der Waals surface area (Å²) < 4.78 is 4.52. The quantitative estimate of drug-likeness (QED) is 0.497. The Morgan fingerprint density at radius 1 is 1.12 bits per heavy atom. The molecule has 1 N–H and O–H groups in total. The monoisotopic (exact) mass is 468 g/mol. The summed E-state index contributed by atoms with van der Waals surface area (Å²) in [5, 5.41) is 4.90. The number of carbonyl (C=O) groups excluding carboxylic acids is 1. The lowest BCUT2D eigenvalue weighted by Gasteiger charge is -2.31. The van der Waals surface area contributed by atoms with Crippen molar-refractivity contribution in [2.45, 2.75) is 45.1 Å². The van der Waals surface area contributed by atoms with Crippen LogP contribution in [-0.2, 0) is 17.6 Å². The maximum Gasteiger partial charge on any atom is 0.223 e. The molecule has 0 saturated carbocycles. The molecule has 2 heterocycles. The van der Waals surface area contributed by atoms with E-state index in [9.17, 15) is 4.79 Å². The number of anilines is 1. The van der Waals surface area contributed by atoms with Crippen molar-refractivity contribution in [2.75, 3.05) is 18.0 Å². The van der Waals surface area contributed by atoms with Crippen molar-refractivity contribution < 1.29 is 4.79 Å². The molecule has 0 spiro atoms. The van der Waals surface area contributed by atoms with Crippen molar-refractivity contribution in [1.29, 1.82) is 0 Å². The first-order valence-corrected chi connectivity index (χ1v) is 12.4. The minimum absolute atomic E-state index is 0.0758. The van der Waals surface area contributed by atoms with Gasteiger partial charge in [-0.25, -0.2) is 4.98 Å². The second-order valence-electron chi connectivity index (χ2n) is 8.49. The van der Waals surface area contributed by atoms with E-state index in [0.717, 1.165) is 60.3 Å². The molecular formula is C25H29ClN4OS. The van der Waals surface area contributed by atoms with Gasteiger partial charge in [0.15, 0.2) is 0 Å². The minimum atomic E-state index is 0.0758. The van der Waals surface area contributed by atoms with Crippen LogP contribution in [0.1, 0.15) is 43.1 Å². The van der Waals surface area contributed by atoms with Crippen LogP contribution in [0.15, 0.2) is 54.6 Å². The summed E-state index contributed by atoms with van der Waals surface area (Å²) in [6, 6.07) is 18.4. The molecule has 5 nitrogen and oxygen atoms in total. The second kappa shape index (κ2) is 10.9. The molecule has 0 aliphatic carbocycles. The number of aromatic nitrogens is 2. The van der Waals surface area contributed by atoms with Gasteiger partial charge in [0.1, 0.15) is 5.82 Å². The Balaban J connectivity index is 1.22. The van der Waals surface area contributed by atoms with Gasteiger partial charge in [0.05, 0.1) is 0 Å². The van der Waals surface area contributed by atoms with E-state index in [4.69, 9.17) is 16.6 Å². The molecule has 0 radical (unpaired) electrons. The number of nitrogens with zero attached hydrogens (tertiary/aromatic N) is 3. The van der Waals surface area contributed by atoms with Gasteiger partial charge < -0.3 is 10.2 Å². The molecule has 1 amide bonds. The molecule has 2 aromatic carbocycles. The second-order valence-corrected chi connectivity index (χ2v) is 9.66. The lowest BCUT2D eigenvalue weighted by Crippen LogP contribution is -2.43. The largest absolute Gasteiger partial charge is 0.353 e. The highest BCUT2D eigenvalue weighted by atomic mass is 35.5. The molecule has 7 heteroatoms. The third kappa shape index (κ3) is 6.30. The van der Waals surface area contributed by atoms with Gasteiger partial charge in [0.25, 0.3) is 0 Å². The van der Waals surface area contributed by atoms with Gasteiger partial charge >= 0.3 is 0 Å². The minimum Gasteiger partial charge on any atom is -0.353 e. The number of carbonyl (C=O) groups is 1. The summed E-state index contributed by atoms with van der Waals surface area (Å²) in [6.45, 7) is 3.78. The summed E-state index contributed by atoms with van der Waals surface area (Å²) in [4.78, 5) is 19.7. The van der Waals surface area contributed by atoms with Crippen LogP contribution in [0.5, 0.6) is 0 Å². The van der Waals surface area contributed by atoms with E-state index < -0.39 is 0 Å². The van der Waals surface area contributed by atoms with Gasteiger partial charge in [0.2, 0.25) is 11.0 Å². The number of benzene rings is 2.